The SMILES string of the molecule is O=C1c2cc([N+](=O)[O-])ccc2-n2c1nc1cc(Br)ccc1c2=O. The predicted molar refractivity (Wildman–Crippen MR) is 85.1 cm³/mol. The lowest BCUT2D eigenvalue weighted by molar-refractivity contribution is -0.384. The van der Waals surface area contributed by atoms with Crippen LogP contribution in [0.5, 0.6) is 0 Å². The van der Waals surface area contributed by atoms with Crippen molar-refractivity contribution < 1.29 is 9.72 Å². The van der Waals surface area contributed by atoms with Gasteiger partial charge >= 0.3 is 0 Å². The van der Waals surface area contributed by atoms with Gasteiger partial charge in [-0.3, -0.25) is 24.3 Å². The van der Waals surface area contributed by atoms with Crippen molar-refractivity contribution in [3.63, 3.8) is 0 Å². The average Bonchev–Trinajstić information content (AvgIpc) is 2.80. The standard InChI is InChI=1S/C15H6BrN3O4/c16-7-1-3-9-11(5-7)17-14-13(20)10-6-8(19(22)23)2-4-12(10)18(14)15(9)21/h1-6H. The molecule has 0 saturated heterocycles. The summed E-state index contributed by atoms with van der Waals surface area (Å²) in [5, 5.41) is 11.3. The molecule has 3 aromatic rings. The van der Waals surface area contributed by atoms with Gasteiger partial charge in [-0.15, -0.1) is 0 Å². The molecule has 0 fully saturated rings. The van der Waals surface area contributed by atoms with Crippen LogP contribution in [0.15, 0.2) is 45.7 Å². The molecule has 0 amide bonds. The summed E-state index contributed by atoms with van der Waals surface area (Å²) < 4.78 is 1.94. The number of fused-ring (bicyclic) bond motifs is 4. The molecule has 112 valence electrons. The summed E-state index contributed by atoms with van der Waals surface area (Å²) in [6.45, 7) is 0. The van der Waals surface area contributed by atoms with Crippen molar-refractivity contribution >= 4 is 38.3 Å². The first-order valence-corrected chi connectivity index (χ1v) is 7.32. The van der Waals surface area contributed by atoms with Crippen LogP contribution < -0.4 is 5.56 Å². The maximum atomic E-state index is 12.7. The molecule has 7 nitrogen and oxygen atoms in total. The highest BCUT2D eigenvalue weighted by Crippen LogP contribution is 2.29. The molecule has 8 heteroatoms. The van der Waals surface area contributed by atoms with E-state index in [1.54, 1.807) is 18.2 Å². The van der Waals surface area contributed by atoms with Gasteiger partial charge in [0, 0.05) is 16.6 Å². The molecule has 0 radical (unpaired) electrons. The zero-order chi connectivity index (χ0) is 16.3. The second-order valence-corrected chi connectivity index (χ2v) is 5.94. The minimum absolute atomic E-state index is 0.0314. The summed E-state index contributed by atoms with van der Waals surface area (Å²) in [6, 6.07) is 8.82. The number of carbonyl (C=O) groups is 1. The number of aromatic nitrogens is 2. The number of hydrogen-bond acceptors (Lipinski definition) is 5. The van der Waals surface area contributed by atoms with Crippen LogP contribution in [0.3, 0.4) is 0 Å². The first kappa shape index (κ1) is 13.8. The van der Waals surface area contributed by atoms with Crippen molar-refractivity contribution in [1.82, 2.24) is 9.55 Å². The van der Waals surface area contributed by atoms with Gasteiger partial charge in [0.1, 0.15) is 0 Å². The van der Waals surface area contributed by atoms with E-state index in [2.05, 4.69) is 20.9 Å². The van der Waals surface area contributed by atoms with E-state index in [1.165, 1.54) is 22.8 Å². The first-order valence-electron chi connectivity index (χ1n) is 6.53. The van der Waals surface area contributed by atoms with Gasteiger partial charge in [0.25, 0.3) is 11.2 Å². The number of nitro groups is 1. The van der Waals surface area contributed by atoms with Crippen LogP contribution in [0.25, 0.3) is 16.6 Å². The Kier molecular flexibility index (Phi) is 2.73. The van der Waals surface area contributed by atoms with Crippen LogP contribution in [-0.4, -0.2) is 20.3 Å². The smallest absolute Gasteiger partial charge is 0.270 e. The minimum atomic E-state index is -0.583. The van der Waals surface area contributed by atoms with Gasteiger partial charge in [0.15, 0.2) is 5.82 Å². The number of ketones is 1. The first-order chi connectivity index (χ1) is 11.0. The van der Waals surface area contributed by atoms with E-state index >= 15 is 0 Å². The van der Waals surface area contributed by atoms with Crippen molar-refractivity contribution in [1.29, 1.82) is 0 Å². The van der Waals surface area contributed by atoms with Crippen LogP contribution in [0.2, 0.25) is 0 Å². The van der Waals surface area contributed by atoms with E-state index in [0.717, 1.165) is 4.47 Å². The van der Waals surface area contributed by atoms with Crippen molar-refractivity contribution in [2.45, 2.75) is 0 Å². The van der Waals surface area contributed by atoms with E-state index in [1.807, 2.05) is 0 Å². The van der Waals surface area contributed by atoms with Crippen molar-refractivity contribution in [2.75, 3.05) is 0 Å². The number of halogens is 1. The van der Waals surface area contributed by atoms with Crippen molar-refractivity contribution in [3.8, 4) is 5.69 Å². The molecule has 0 bridgehead atoms. The molecule has 0 unspecified atom stereocenters. The molecule has 4 rings (SSSR count). The van der Waals surface area contributed by atoms with Gasteiger partial charge in [-0.1, -0.05) is 15.9 Å². The Morgan fingerprint density at radius 2 is 1.91 bits per heavy atom. The summed E-state index contributed by atoms with van der Waals surface area (Å²) in [4.78, 5) is 39.7. The summed E-state index contributed by atoms with van der Waals surface area (Å²) in [7, 11) is 0. The Morgan fingerprint density at radius 3 is 2.65 bits per heavy atom. The second kappa shape index (κ2) is 4.56. The molecule has 0 saturated carbocycles. The summed E-state index contributed by atoms with van der Waals surface area (Å²) in [6.07, 6.45) is 0. The lowest BCUT2D eigenvalue weighted by Crippen LogP contribution is -2.21. The molecule has 2 heterocycles. The zero-order valence-corrected chi connectivity index (χ0v) is 12.9. The summed E-state index contributed by atoms with van der Waals surface area (Å²) in [5.74, 6) is -0.529. The maximum Gasteiger partial charge on any atom is 0.270 e. The highest BCUT2D eigenvalue weighted by Gasteiger charge is 2.31. The normalized spacial score (nSPS) is 12.3. The molecule has 1 aliphatic rings. The van der Waals surface area contributed by atoms with Gasteiger partial charge in [0.05, 0.1) is 27.1 Å². The molecule has 23 heavy (non-hydrogen) atoms. The fraction of sp³-hybridized carbons (Fsp3) is 0. The number of benzene rings is 2. The Labute approximate surface area is 136 Å². The molecule has 1 aromatic heterocycles. The predicted octanol–water partition coefficient (Wildman–Crippen LogP) is 2.60. The monoisotopic (exact) mass is 371 g/mol. The van der Waals surface area contributed by atoms with E-state index in [9.17, 15) is 19.7 Å². The third kappa shape index (κ3) is 1.85. The van der Waals surface area contributed by atoms with Crippen molar-refractivity contribution in [3.05, 3.63) is 72.7 Å². The molecule has 0 atom stereocenters. The number of carbonyl (C=O) groups excluding carboxylic acids is 1. The van der Waals surface area contributed by atoms with Gasteiger partial charge in [-0.2, -0.15) is 0 Å². The largest absolute Gasteiger partial charge is 0.285 e. The maximum absolute atomic E-state index is 12.7. The number of hydrogen-bond donors (Lipinski definition) is 0. The van der Waals surface area contributed by atoms with Crippen LogP contribution in [0.1, 0.15) is 16.2 Å². The average molecular weight is 372 g/mol. The van der Waals surface area contributed by atoms with Crippen molar-refractivity contribution in [2.24, 2.45) is 0 Å². The number of nitrogens with zero attached hydrogens (tertiary/aromatic N) is 3. The molecule has 0 N–H and O–H groups in total. The third-order valence-electron chi connectivity index (χ3n) is 3.71. The number of nitro benzene ring substituents is 1. The van der Waals surface area contributed by atoms with Crippen LogP contribution in [0.4, 0.5) is 5.69 Å². The summed E-state index contributed by atoms with van der Waals surface area (Å²) >= 11 is 3.30. The van der Waals surface area contributed by atoms with E-state index < -0.39 is 10.7 Å². The van der Waals surface area contributed by atoms with E-state index in [4.69, 9.17) is 0 Å². The molecule has 2 aromatic carbocycles. The van der Waals surface area contributed by atoms with Crippen LogP contribution in [-0.2, 0) is 0 Å². The lowest BCUT2D eigenvalue weighted by Gasteiger charge is -2.05. The van der Waals surface area contributed by atoms with Gasteiger partial charge < -0.3 is 0 Å². The van der Waals surface area contributed by atoms with E-state index in [0.29, 0.717) is 16.6 Å². The Morgan fingerprint density at radius 1 is 1.13 bits per heavy atom. The highest BCUT2D eigenvalue weighted by molar-refractivity contribution is 9.10. The topological polar surface area (TPSA) is 95.1 Å². The fourth-order valence-electron chi connectivity index (χ4n) is 2.67. The lowest BCUT2D eigenvalue weighted by atomic mass is 10.1. The minimum Gasteiger partial charge on any atom is -0.285 e. The zero-order valence-electron chi connectivity index (χ0n) is 11.3. The molecule has 1 aliphatic heterocycles. The Hall–Kier alpha value is -2.87. The number of non-ortho nitro benzene ring substituents is 1. The molecular formula is C15H6BrN3O4. The Bertz CT molecular complexity index is 1100. The molecule has 0 spiro atoms. The Balaban J connectivity index is 2.09. The van der Waals surface area contributed by atoms with Crippen LogP contribution >= 0.6 is 15.9 Å². The fourth-order valence-corrected chi connectivity index (χ4v) is 3.02. The van der Waals surface area contributed by atoms with Crippen LogP contribution in [0, 0.1) is 10.1 Å². The third-order valence-corrected chi connectivity index (χ3v) is 4.20. The van der Waals surface area contributed by atoms with E-state index in [-0.39, 0.29) is 22.6 Å². The highest BCUT2D eigenvalue weighted by atomic mass is 79.9. The number of rotatable bonds is 1. The van der Waals surface area contributed by atoms with Gasteiger partial charge in [-0.25, -0.2) is 4.98 Å². The summed E-state index contributed by atoms with van der Waals surface area (Å²) in [5.41, 5.74) is 0.242. The quantitative estimate of drug-likeness (QED) is 0.378. The molecular weight excluding hydrogens is 366 g/mol. The van der Waals surface area contributed by atoms with Gasteiger partial charge in [0.2, 0.25) is 5.78 Å². The second-order valence-electron chi connectivity index (χ2n) is 5.03. The molecule has 0 aliphatic carbocycles. The van der Waals surface area contributed by atoms with Gasteiger partial charge in [-0.05, 0) is 24.3 Å².